The maximum atomic E-state index is 13.6. The highest BCUT2D eigenvalue weighted by Gasteiger charge is 2.51. The van der Waals surface area contributed by atoms with Crippen LogP contribution in [0, 0.1) is 6.92 Å². The van der Waals surface area contributed by atoms with Crippen LogP contribution in [0.1, 0.15) is 58.2 Å². The third kappa shape index (κ3) is 6.21. The predicted molar refractivity (Wildman–Crippen MR) is 129 cm³/mol. The molecule has 0 saturated carbocycles. The van der Waals surface area contributed by atoms with Crippen molar-refractivity contribution in [1.29, 1.82) is 0 Å². The van der Waals surface area contributed by atoms with E-state index in [0.717, 1.165) is 16.7 Å². The maximum Gasteiger partial charge on any atom is 0.416 e. The fourth-order valence-corrected chi connectivity index (χ4v) is 3.61. The Hall–Kier alpha value is -3.15. The molecule has 1 aliphatic heterocycles. The van der Waals surface area contributed by atoms with Gasteiger partial charge >= 0.3 is 12.1 Å². The summed E-state index contributed by atoms with van der Waals surface area (Å²) in [6, 6.07) is 17.3. The Balaban J connectivity index is 2.10. The summed E-state index contributed by atoms with van der Waals surface area (Å²) < 4.78 is 11.5. The van der Waals surface area contributed by atoms with Crippen molar-refractivity contribution in [1.82, 2.24) is 4.90 Å². The van der Waals surface area contributed by atoms with Crippen molar-refractivity contribution in [3.8, 4) is 0 Å². The van der Waals surface area contributed by atoms with Crippen molar-refractivity contribution >= 4 is 17.9 Å². The zero-order valence-corrected chi connectivity index (χ0v) is 20.6. The van der Waals surface area contributed by atoms with Crippen molar-refractivity contribution < 1.29 is 19.1 Å². The number of hydrogen-bond donors (Lipinski definition) is 0. The van der Waals surface area contributed by atoms with Gasteiger partial charge in [0.05, 0.1) is 6.54 Å². The number of aliphatic imine (C=N–C) groups is 1. The zero-order valence-electron chi connectivity index (χ0n) is 20.6. The third-order valence-electron chi connectivity index (χ3n) is 5.04. The van der Waals surface area contributed by atoms with Crippen LogP contribution in [0.2, 0.25) is 0 Å². The summed E-state index contributed by atoms with van der Waals surface area (Å²) in [6.07, 6.45) is -0.239. The summed E-state index contributed by atoms with van der Waals surface area (Å²) in [7, 11) is 0. The molecule has 0 unspecified atom stereocenters. The second-order valence-electron chi connectivity index (χ2n) is 10.6. The molecule has 1 amide bonds. The number of hydrogen-bond acceptors (Lipinski definition) is 5. The molecule has 176 valence electrons. The van der Waals surface area contributed by atoms with E-state index in [2.05, 4.69) is 0 Å². The van der Waals surface area contributed by atoms with Crippen molar-refractivity contribution in [2.24, 2.45) is 4.99 Å². The Labute approximate surface area is 196 Å². The van der Waals surface area contributed by atoms with Crippen molar-refractivity contribution in [2.45, 2.75) is 71.6 Å². The molecule has 1 atom stereocenters. The number of carbonyl (C=O) groups excluding carboxylic acids is 2. The fourth-order valence-electron chi connectivity index (χ4n) is 3.61. The van der Waals surface area contributed by atoms with Crippen LogP contribution >= 0.6 is 0 Å². The fraction of sp³-hybridized carbons (Fsp3) is 0.444. The molecule has 0 bridgehead atoms. The monoisotopic (exact) mass is 450 g/mol. The molecule has 1 aliphatic rings. The lowest BCUT2D eigenvalue weighted by Crippen LogP contribution is -2.49. The molecule has 1 heterocycles. The van der Waals surface area contributed by atoms with Gasteiger partial charge in [-0.05, 0) is 54.0 Å². The van der Waals surface area contributed by atoms with Crippen LogP contribution < -0.4 is 0 Å². The number of nitrogens with zero attached hydrogens (tertiary/aromatic N) is 2. The molecule has 0 spiro atoms. The van der Waals surface area contributed by atoms with Crippen LogP contribution in [-0.2, 0) is 20.7 Å². The molecular formula is C27H34N2O4. The minimum Gasteiger partial charge on any atom is -0.458 e. The third-order valence-corrected chi connectivity index (χ3v) is 5.04. The average molecular weight is 451 g/mol. The van der Waals surface area contributed by atoms with E-state index < -0.39 is 28.8 Å². The van der Waals surface area contributed by atoms with Crippen LogP contribution in [0.4, 0.5) is 4.79 Å². The first-order valence-corrected chi connectivity index (χ1v) is 11.2. The Morgan fingerprint density at radius 2 is 1.48 bits per heavy atom. The number of aryl methyl sites for hydroxylation is 1. The second kappa shape index (κ2) is 9.00. The van der Waals surface area contributed by atoms with Crippen LogP contribution in [-0.4, -0.2) is 46.1 Å². The highest BCUT2D eigenvalue weighted by Crippen LogP contribution is 2.32. The first-order chi connectivity index (χ1) is 15.3. The summed E-state index contributed by atoms with van der Waals surface area (Å²) in [5, 5.41) is 0. The quantitative estimate of drug-likeness (QED) is 0.592. The summed E-state index contributed by atoms with van der Waals surface area (Å²) in [4.78, 5) is 33.1. The number of carbonyl (C=O) groups is 2. The zero-order chi connectivity index (χ0) is 24.4. The molecule has 33 heavy (non-hydrogen) atoms. The minimum atomic E-state index is -1.29. The van der Waals surface area contributed by atoms with E-state index in [-0.39, 0.29) is 6.54 Å². The lowest BCUT2D eigenvalue weighted by molar-refractivity contribution is -0.161. The van der Waals surface area contributed by atoms with Gasteiger partial charge in [0.1, 0.15) is 17.0 Å². The number of amidine groups is 1. The van der Waals surface area contributed by atoms with E-state index in [1.807, 2.05) is 103 Å². The molecule has 0 radical (unpaired) electrons. The second-order valence-corrected chi connectivity index (χ2v) is 10.6. The molecule has 2 aromatic rings. The average Bonchev–Trinajstić information content (AvgIpc) is 3.09. The number of rotatable bonds is 4. The molecule has 2 aromatic carbocycles. The van der Waals surface area contributed by atoms with Gasteiger partial charge in [0, 0.05) is 12.0 Å². The SMILES string of the molecule is Cc1ccc(C[C@@]2(C(=O)OC(C)(C)C)CN(C(=O)OC(C)(C)C)C(c3ccccc3)=N2)cc1. The molecule has 0 fully saturated rings. The van der Waals surface area contributed by atoms with Gasteiger partial charge in [-0.15, -0.1) is 0 Å². The highest BCUT2D eigenvalue weighted by atomic mass is 16.6. The molecule has 0 aromatic heterocycles. The molecule has 0 N–H and O–H groups in total. The van der Waals surface area contributed by atoms with Crippen LogP contribution in [0.25, 0.3) is 0 Å². The van der Waals surface area contributed by atoms with E-state index in [1.54, 1.807) is 0 Å². The summed E-state index contributed by atoms with van der Waals surface area (Å²) >= 11 is 0. The van der Waals surface area contributed by atoms with Gasteiger partial charge in [-0.25, -0.2) is 14.6 Å². The Morgan fingerprint density at radius 1 is 0.909 bits per heavy atom. The van der Waals surface area contributed by atoms with E-state index in [9.17, 15) is 9.59 Å². The van der Waals surface area contributed by atoms with Gasteiger partial charge in [-0.2, -0.15) is 0 Å². The first kappa shape index (κ1) is 24.5. The number of amides is 1. The largest absolute Gasteiger partial charge is 0.458 e. The minimum absolute atomic E-state index is 0.0366. The van der Waals surface area contributed by atoms with Crippen molar-refractivity contribution in [2.75, 3.05) is 6.54 Å². The van der Waals surface area contributed by atoms with Crippen LogP contribution in [0.5, 0.6) is 0 Å². The summed E-state index contributed by atoms with van der Waals surface area (Å²) in [5.74, 6) is -0.0575. The van der Waals surface area contributed by atoms with E-state index in [0.29, 0.717) is 12.3 Å². The van der Waals surface area contributed by atoms with E-state index >= 15 is 0 Å². The lowest BCUT2D eigenvalue weighted by atomic mass is 9.91. The van der Waals surface area contributed by atoms with Gasteiger partial charge in [-0.1, -0.05) is 60.2 Å². The topological polar surface area (TPSA) is 68.2 Å². The summed E-state index contributed by atoms with van der Waals surface area (Å²) in [5.41, 5.74) is 0.128. The Morgan fingerprint density at radius 3 is 2.03 bits per heavy atom. The molecule has 0 saturated heterocycles. The van der Waals surface area contributed by atoms with Crippen LogP contribution in [0.15, 0.2) is 59.6 Å². The molecule has 6 heteroatoms. The van der Waals surface area contributed by atoms with E-state index in [1.165, 1.54) is 4.90 Å². The first-order valence-electron chi connectivity index (χ1n) is 11.2. The van der Waals surface area contributed by atoms with Crippen molar-refractivity contribution in [3.05, 3.63) is 71.3 Å². The van der Waals surface area contributed by atoms with Gasteiger partial charge in [0.15, 0.2) is 5.54 Å². The maximum absolute atomic E-state index is 13.6. The normalized spacial score (nSPS) is 18.6. The van der Waals surface area contributed by atoms with Crippen molar-refractivity contribution in [3.63, 3.8) is 0 Å². The van der Waals surface area contributed by atoms with Gasteiger partial charge in [-0.3, -0.25) is 4.90 Å². The standard InChI is InChI=1S/C27H34N2O4/c1-19-13-15-20(16-14-19)17-27(23(30)32-25(2,3)4)18-29(24(31)33-26(5,6)7)22(28-27)21-11-9-8-10-12-21/h8-16H,17-18H2,1-7H3/t27-/m0/s1. The van der Waals surface area contributed by atoms with Gasteiger partial charge in [0.25, 0.3) is 0 Å². The molecule has 0 aliphatic carbocycles. The Bertz CT molecular complexity index is 1030. The van der Waals surface area contributed by atoms with E-state index in [4.69, 9.17) is 14.5 Å². The molecule has 6 nitrogen and oxygen atoms in total. The smallest absolute Gasteiger partial charge is 0.416 e. The van der Waals surface area contributed by atoms with Gasteiger partial charge < -0.3 is 9.47 Å². The summed E-state index contributed by atoms with van der Waals surface area (Å²) in [6.45, 7) is 13.0. The van der Waals surface area contributed by atoms with Gasteiger partial charge in [0.2, 0.25) is 0 Å². The van der Waals surface area contributed by atoms with Crippen LogP contribution in [0.3, 0.4) is 0 Å². The predicted octanol–water partition coefficient (Wildman–Crippen LogP) is 5.32. The molecule has 3 rings (SSSR count). The highest BCUT2D eigenvalue weighted by molar-refractivity contribution is 6.10. The number of benzene rings is 2. The number of ether oxygens (including phenoxy) is 2. The number of esters is 1. The molecular weight excluding hydrogens is 416 g/mol. The Kier molecular flexibility index (Phi) is 6.68. The lowest BCUT2D eigenvalue weighted by Gasteiger charge is -2.30.